The monoisotopic (exact) mass is 330 g/mol. The molecule has 0 fully saturated rings. The molecule has 0 saturated carbocycles. The Morgan fingerprint density at radius 3 is 2.52 bits per heavy atom. The van der Waals surface area contributed by atoms with Gasteiger partial charge >= 0.3 is 0 Å². The van der Waals surface area contributed by atoms with Crippen LogP contribution >= 0.6 is 11.3 Å². The van der Waals surface area contributed by atoms with E-state index in [9.17, 15) is 8.42 Å². The molecular formula is C15H26N2O2S2. The molecule has 0 aliphatic rings. The van der Waals surface area contributed by atoms with E-state index in [4.69, 9.17) is 0 Å². The molecule has 0 saturated heterocycles. The van der Waals surface area contributed by atoms with Gasteiger partial charge in [0.05, 0.1) is 4.90 Å². The molecule has 0 spiro atoms. The summed E-state index contributed by atoms with van der Waals surface area (Å²) in [4.78, 5) is 1.39. The average Bonchev–Trinajstić information content (AvgIpc) is 2.81. The summed E-state index contributed by atoms with van der Waals surface area (Å²) in [6.07, 6.45) is 1.62. The van der Waals surface area contributed by atoms with Gasteiger partial charge in [0.1, 0.15) is 0 Å². The van der Waals surface area contributed by atoms with E-state index >= 15 is 0 Å². The van der Waals surface area contributed by atoms with Crippen LogP contribution in [0.25, 0.3) is 0 Å². The first kappa shape index (κ1) is 18.4. The van der Waals surface area contributed by atoms with Gasteiger partial charge in [0.25, 0.3) is 0 Å². The van der Waals surface area contributed by atoms with E-state index in [2.05, 4.69) is 25.7 Å². The van der Waals surface area contributed by atoms with Gasteiger partial charge in [0.15, 0.2) is 0 Å². The van der Waals surface area contributed by atoms with Gasteiger partial charge in [-0.2, -0.15) is 4.31 Å². The van der Waals surface area contributed by atoms with Crippen molar-refractivity contribution in [3.8, 4) is 0 Å². The van der Waals surface area contributed by atoms with Crippen molar-refractivity contribution in [3.05, 3.63) is 29.0 Å². The van der Waals surface area contributed by atoms with E-state index in [1.807, 2.05) is 20.8 Å². The third-order valence-corrected chi connectivity index (χ3v) is 6.14. The summed E-state index contributed by atoms with van der Waals surface area (Å²) in [6.45, 7) is 14.5. The number of sulfonamides is 1. The van der Waals surface area contributed by atoms with Gasteiger partial charge in [-0.25, -0.2) is 8.42 Å². The van der Waals surface area contributed by atoms with Crippen LogP contribution in [0.1, 0.15) is 39.5 Å². The second-order valence-corrected chi connectivity index (χ2v) is 9.14. The lowest BCUT2D eigenvalue weighted by Crippen LogP contribution is -2.45. The lowest BCUT2D eigenvalue weighted by molar-refractivity contribution is 0.270. The quantitative estimate of drug-likeness (QED) is 0.781. The third-order valence-electron chi connectivity index (χ3n) is 2.95. The van der Waals surface area contributed by atoms with Crippen LogP contribution in [0.2, 0.25) is 0 Å². The molecule has 0 unspecified atom stereocenters. The van der Waals surface area contributed by atoms with E-state index in [-0.39, 0.29) is 0 Å². The van der Waals surface area contributed by atoms with E-state index in [0.717, 1.165) is 4.88 Å². The Balaban J connectivity index is 3.03. The van der Waals surface area contributed by atoms with Gasteiger partial charge in [-0.05, 0) is 26.8 Å². The first-order chi connectivity index (χ1) is 9.59. The number of hydrogen-bond acceptors (Lipinski definition) is 4. The predicted molar refractivity (Wildman–Crippen MR) is 90.1 cm³/mol. The van der Waals surface area contributed by atoms with Gasteiger partial charge in [-0.15, -0.1) is 17.9 Å². The molecule has 1 N–H and O–H groups in total. The lowest BCUT2D eigenvalue weighted by Gasteiger charge is -2.33. The van der Waals surface area contributed by atoms with Gasteiger partial charge in [0.2, 0.25) is 10.0 Å². The summed E-state index contributed by atoms with van der Waals surface area (Å²) in [5.41, 5.74) is -0.481. The van der Waals surface area contributed by atoms with Crippen LogP contribution in [0.15, 0.2) is 29.0 Å². The van der Waals surface area contributed by atoms with Gasteiger partial charge in [-0.1, -0.05) is 19.9 Å². The van der Waals surface area contributed by atoms with Crippen molar-refractivity contribution in [2.75, 3.05) is 6.54 Å². The summed E-state index contributed by atoms with van der Waals surface area (Å²) in [7, 11) is -3.49. The fraction of sp³-hybridized carbons (Fsp3) is 0.600. The van der Waals surface area contributed by atoms with Crippen LogP contribution in [0.3, 0.4) is 0 Å². The average molecular weight is 331 g/mol. The highest BCUT2D eigenvalue weighted by Crippen LogP contribution is 2.27. The Labute approximate surface area is 132 Å². The van der Waals surface area contributed by atoms with Gasteiger partial charge in [0, 0.05) is 34.9 Å². The maximum absolute atomic E-state index is 12.8. The smallest absolute Gasteiger partial charge is 0.244 e. The van der Waals surface area contributed by atoms with E-state index in [1.54, 1.807) is 17.5 Å². The number of hydrogen-bond donors (Lipinski definition) is 1. The Kier molecular flexibility index (Phi) is 6.16. The van der Waals surface area contributed by atoms with Crippen LogP contribution in [0, 0.1) is 0 Å². The predicted octanol–water partition coefficient (Wildman–Crippen LogP) is 3.22. The molecule has 0 aliphatic heterocycles. The molecule has 1 heterocycles. The summed E-state index contributed by atoms with van der Waals surface area (Å²) >= 11 is 1.47. The van der Waals surface area contributed by atoms with Crippen LogP contribution in [0.5, 0.6) is 0 Å². The third kappa shape index (κ3) is 4.92. The Morgan fingerprint density at radius 2 is 2.05 bits per heavy atom. The summed E-state index contributed by atoms with van der Waals surface area (Å²) in [5.74, 6) is 0. The molecule has 4 nitrogen and oxygen atoms in total. The highest BCUT2D eigenvalue weighted by molar-refractivity contribution is 7.89. The van der Waals surface area contributed by atoms with Crippen molar-refractivity contribution >= 4 is 21.4 Å². The zero-order valence-electron chi connectivity index (χ0n) is 13.5. The van der Waals surface area contributed by atoms with Gasteiger partial charge < -0.3 is 5.32 Å². The van der Waals surface area contributed by atoms with Crippen molar-refractivity contribution < 1.29 is 8.42 Å². The molecule has 0 amide bonds. The van der Waals surface area contributed by atoms with Gasteiger partial charge in [-0.3, -0.25) is 0 Å². The molecule has 0 atom stereocenters. The Morgan fingerprint density at radius 1 is 1.43 bits per heavy atom. The van der Waals surface area contributed by atoms with Crippen molar-refractivity contribution in [3.63, 3.8) is 0 Å². The van der Waals surface area contributed by atoms with Crippen LogP contribution < -0.4 is 5.32 Å². The fourth-order valence-electron chi connectivity index (χ4n) is 1.87. The Bertz CT molecular complexity index is 569. The Hall–Kier alpha value is -0.690. The molecule has 0 bridgehead atoms. The van der Waals surface area contributed by atoms with Crippen LogP contribution in [0.4, 0.5) is 0 Å². The van der Waals surface area contributed by atoms with E-state index < -0.39 is 15.6 Å². The lowest BCUT2D eigenvalue weighted by atomic mass is 10.1. The van der Waals surface area contributed by atoms with Crippen LogP contribution in [-0.4, -0.2) is 30.8 Å². The molecule has 21 heavy (non-hydrogen) atoms. The van der Waals surface area contributed by atoms with E-state index in [1.165, 1.54) is 15.6 Å². The minimum absolute atomic E-state index is 0.307. The second-order valence-electron chi connectivity index (χ2n) is 6.28. The molecule has 0 aromatic carbocycles. The minimum atomic E-state index is -3.49. The first-order valence-electron chi connectivity index (χ1n) is 7.03. The summed E-state index contributed by atoms with van der Waals surface area (Å²) in [5, 5.41) is 5.01. The minimum Gasteiger partial charge on any atom is -0.310 e. The molecule has 1 rings (SSSR count). The highest BCUT2D eigenvalue weighted by atomic mass is 32.2. The van der Waals surface area contributed by atoms with Crippen molar-refractivity contribution in [2.24, 2.45) is 0 Å². The number of thiophene rings is 1. The van der Waals surface area contributed by atoms with E-state index in [0.29, 0.717) is 24.0 Å². The maximum atomic E-state index is 12.8. The SMILES string of the molecule is C=CCN(C(C)(C)C)S(=O)(=O)c1csc(CNC(C)C)c1. The summed E-state index contributed by atoms with van der Waals surface area (Å²) in [6, 6.07) is 2.14. The molecule has 120 valence electrons. The van der Waals surface area contributed by atoms with Crippen molar-refractivity contribution in [1.82, 2.24) is 9.62 Å². The molecule has 6 heteroatoms. The number of nitrogens with one attached hydrogen (secondary N) is 1. The topological polar surface area (TPSA) is 49.4 Å². The molecule has 0 aliphatic carbocycles. The zero-order valence-corrected chi connectivity index (χ0v) is 15.1. The molecule has 1 aromatic rings. The number of rotatable bonds is 7. The second kappa shape index (κ2) is 7.05. The normalized spacial score (nSPS) is 13.1. The summed E-state index contributed by atoms with van der Waals surface area (Å²) < 4.78 is 27.1. The standard InChI is InChI=1S/C15H26N2O2S2/c1-7-8-17(15(4,5)6)21(18,19)14-9-13(20-11-14)10-16-12(2)3/h7,9,11-12,16H,1,8,10H2,2-6H3. The molecular weight excluding hydrogens is 304 g/mol. The molecule has 1 aromatic heterocycles. The first-order valence-corrected chi connectivity index (χ1v) is 9.35. The van der Waals surface area contributed by atoms with Crippen molar-refractivity contribution in [2.45, 2.75) is 57.6 Å². The maximum Gasteiger partial charge on any atom is 0.244 e. The van der Waals surface area contributed by atoms with Crippen LogP contribution in [-0.2, 0) is 16.6 Å². The zero-order chi connectivity index (χ0) is 16.3. The highest BCUT2D eigenvalue weighted by Gasteiger charge is 2.33. The fourth-order valence-corrected chi connectivity index (χ4v) is 4.84. The largest absolute Gasteiger partial charge is 0.310 e. The molecule has 0 radical (unpaired) electrons. The van der Waals surface area contributed by atoms with Crippen molar-refractivity contribution in [1.29, 1.82) is 0 Å². The number of nitrogens with zero attached hydrogens (tertiary/aromatic N) is 1.